The number of carbonyl (C=O) groups is 1. The normalized spacial score (nSPS) is 16.6. The predicted molar refractivity (Wildman–Crippen MR) is 116 cm³/mol. The van der Waals surface area contributed by atoms with Crippen molar-refractivity contribution in [2.75, 3.05) is 19.7 Å². The highest BCUT2D eigenvalue weighted by atomic mass is 19.1. The molecule has 2 unspecified atom stereocenters. The van der Waals surface area contributed by atoms with E-state index in [0.717, 1.165) is 16.8 Å². The van der Waals surface area contributed by atoms with Gasteiger partial charge in [-0.2, -0.15) is 0 Å². The molecular formula is C24H29FN2O4. The Morgan fingerprint density at radius 3 is 2.84 bits per heavy atom. The lowest BCUT2D eigenvalue weighted by Gasteiger charge is -2.27. The number of oxime groups is 1. The lowest BCUT2D eigenvalue weighted by Crippen LogP contribution is -2.39. The van der Waals surface area contributed by atoms with Gasteiger partial charge in [0.25, 0.3) is 0 Å². The first-order chi connectivity index (χ1) is 15.0. The molecule has 0 aliphatic carbocycles. The maximum atomic E-state index is 13.6. The van der Waals surface area contributed by atoms with Gasteiger partial charge in [-0.1, -0.05) is 54.5 Å². The van der Waals surface area contributed by atoms with Crippen molar-refractivity contribution in [3.63, 3.8) is 0 Å². The van der Waals surface area contributed by atoms with Gasteiger partial charge in [-0.3, -0.25) is 9.69 Å². The number of aliphatic hydroxyl groups excluding tert-OH is 1. The Labute approximate surface area is 182 Å². The summed E-state index contributed by atoms with van der Waals surface area (Å²) in [6, 6.07) is 16.2. The van der Waals surface area contributed by atoms with Gasteiger partial charge in [0.2, 0.25) is 0 Å². The third kappa shape index (κ3) is 7.45. The van der Waals surface area contributed by atoms with Crippen LogP contribution in [0.5, 0.6) is 0 Å². The lowest BCUT2D eigenvalue weighted by molar-refractivity contribution is -0.147. The molecule has 0 saturated carbocycles. The summed E-state index contributed by atoms with van der Waals surface area (Å²) in [6.45, 7) is 3.01. The van der Waals surface area contributed by atoms with Gasteiger partial charge in [0, 0.05) is 32.5 Å². The first kappa shape index (κ1) is 22.9. The Balaban J connectivity index is 1.60. The van der Waals surface area contributed by atoms with Crippen molar-refractivity contribution in [1.29, 1.82) is 0 Å². The van der Waals surface area contributed by atoms with Gasteiger partial charge in [-0.05, 0) is 29.7 Å². The van der Waals surface area contributed by atoms with Crippen LogP contribution in [0.4, 0.5) is 4.39 Å². The van der Waals surface area contributed by atoms with Crippen LogP contribution in [0.3, 0.4) is 0 Å². The minimum absolute atomic E-state index is 0.0736. The van der Waals surface area contributed by atoms with Crippen molar-refractivity contribution in [3.8, 4) is 0 Å². The van der Waals surface area contributed by atoms with E-state index in [-0.39, 0.29) is 31.0 Å². The first-order valence-corrected chi connectivity index (χ1v) is 10.6. The first-order valence-electron chi connectivity index (χ1n) is 10.6. The van der Waals surface area contributed by atoms with Crippen LogP contribution < -0.4 is 0 Å². The number of halogens is 1. The molecule has 166 valence electrons. The zero-order chi connectivity index (χ0) is 22.1. The van der Waals surface area contributed by atoms with Crippen LogP contribution in [-0.4, -0.2) is 53.6 Å². The standard InChI is InChI=1S/C24H29FN2O4/c1-2-7-24(29)30-17-21(28)15-27(14-18-8-6-11-20(25)12-18)16-22-13-23(26-31-22)19-9-4-3-5-10-19/h3-6,8-12,21-22,28H,2,7,13-17H2,1H3. The molecule has 0 aromatic heterocycles. The SMILES string of the molecule is CCCC(=O)OCC(O)CN(Cc1cccc(F)c1)CC1CC(c2ccccc2)=NO1. The number of aliphatic hydroxyl groups is 1. The largest absolute Gasteiger partial charge is 0.463 e. The molecule has 2 atom stereocenters. The number of nitrogens with zero attached hydrogens (tertiary/aromatic N) is 2. The van der Waals surface area contributed by atoms with E-state index in [0.29, 0.717) is 32.4 Å². The smallest absolute Gasteiger partial charge is 0.305 e. The fourth-order valence-electron chi connectivity index (χ4n) is 3.53. The van der Waals surface area contributed by atoms with Gasteiger partial charge in [0.1, 0.15) is 24.6 Å². The quantitative estimate of drug-likeness (QED) is 0.555. The molecule has 0 saturated heterocycles. The van der Waals surface area contributed by atoms with E-state index >= 15 is 0 Å². The molecule has 2 aromatic rings. The summed E-state index contributed by atoms with van der Waals surface area (Å²) in [4.78, 5) is 19.2. The number of ether oxygens (including phenoxy) is 1. The summed E-state index contributed by atoms with van der Waals surface area (Å²) in [5, 5.41) is 14.6. The minimum Gasteiger partial charge on any atom is -0.463 e. The Kier molecular flexibility index (Phi) is 8.55. The number of esters is 1. The summed E-state index contributed by atoms with van der Waals surface area (Å²) < 4.78 is 18.8. The van der Waals surface area contributed by atoms with E-state index in [9.17, 15) is 14.3 Å². The summed E-state index contributed by atoms with van der Waals surface area (Å²) in [5.74, 6) is -0.628. The van der Waals surface area contributed by atoms with Gasteiger partial charge < -0.3 is 14.7 Å². The molecule has 1 heterocycles. The van der Waals surface area contributed by atoms with Crippen LogP contribution in [0.25, 0.3) is 0 Å². The zero-order valence-corrected chi connectivity index (χ0v) is 17.7. The van der Waals surface area contributed by atoms with E-state index in [1.807, 2.05) is 48.2 Å². The van der Waals surface area contributed by atoms with Crippen molar-refractivity contribution in [1.82, 2.24) is 4.90 Å². The van der Waals surface area contributed by atoms with Gasteiger partial charge in [0.15, 0.2) is 0 Å². The maximum Gasteiger partial charge on any atom is 0.305 e. The Morgan fingerprint density at radius 1 is 1.29 bits per heavy atom. The third-order valence-corrected chi connectivity index (χ3v) is 4.96. The highest BCUT2D eigenvalue weighted by Crippen LogP contribution is 2.19. The maximum absolute atomic E-state index is 13.6. The van der Waals surface area contributed by atoms with Crippen LogP contribution in [0.15, 0.2) is 59.8 Å². The summed E-state index contributed by atoms with van der Waals surface area (Å²) in [7, 11) is 0. The van der Waals surface area contributed by atoms with Crippen molar-refractivity contribution in [2.24, 2.45) is 5.16 Å². The van der Waals surface area contributed by atoms with Crippen molar-refractivity contribution < 1.29 is 23.9 Å². The topological polar surface area (TPSA) is 71.4 Å². The van der Waals surface area contributed by atoms with Crippen LogP contribution in [-0.2, 0) is 20.9 Å². The molecule has 1 N–H and O–H groups in total. The van der Waals surface area contributed by atoms with Gasteiger partial charge in [-0.15, -0.1) is 0 Å². The highest BCUT2D eigenvalue weighted by molar-refractivity contribution is 6.01. The van der Waals surface area contributed by atoms with E-state index in [4.69, 9.17) is 9.57 Å². The molecule has 6 nitrogen and oxygen atoms in total. The molecular weight excluding hydrogens is 399 g/mol. The van der Waals surface area contributed by atoms with Crippen molar-refractivity contribution in [2.45, 2.75) is 44.9 Å². The lowest BCUT2D eigenvalue weighted by atomic mass is 10.0. The van der Waals surface area contributed by atoms with Crippen LogP contribution in [0.1, 0.15) is 37.3 Å². The van der Waals surface area contributed by atoms with E-state index in [1.54, 1.807) is 6.07 Å². The second-order valence-corrected chi connectivity index (χ2v) is 7.75. The number of rotatable bonds is 11. The van der Waals surface area contributed by atoms with Gasteiger partial charge >= 0.3 is 5.97 Å². The van der Waals surface area contributed by atoms with Crippen molar-refractivity contribution in [3.05, 3.63) is 71.5 Å². The Hall–Kier alpha value is -2.77. The Bertz CT molecular complexity index is 875. The predicted octanol–water partition coefficient (Wildman–Crippen LogP) is 3.53. The minimum atomic E-state index is -0.856. The summed E-state index contributed by atoms with van der Waals surface area (Å²) in [5.41, 5.74) is 2.69. The second kappa shape index (κ2) is 11.6. The molecule has 2 aromatic carbocycles. The highest BCUT2D eigenvalue weighted by Gasteiger charge is 2.26. The molecule has 31 heavy (non-hydrogen) atoms. The fourth-order valence-corrected chi connectivity index (χ4v) is 3.53. The average Bonchev–Trinajstić information content (AvgIpc) is 3.22. The number of hydrogen-bond donors (Lipinski definition) is 1. The average molecular weight is 429 g/mol. The number of carbonyl (C=O) groups excluding carboxylic acids is 1. The molecule has 0 bridgehead atoms. The van der Waals surface area contributed by atoms with Gasteiger partial charge in [0.05, 0.1) is 5.71 Å². The fraction of sp³-hybridized carbons (Fsp3) is 0.417. The third-order valence-electron chi connectivity index (χ3n) is 4.96. The number of hydrogen-bond acceptors (Lipinski definition) is 6. The van der Waals surface area contributed by atoms with Crippen LogP contribution in [0, 0.1) is 5.82 Å². The molecule has 0 radical (unpaired) electrons. The molecule has 1 aliphatic heterocycles. The van der Waals surface area contributed by atoms with E-state index in [1.165, 1.54) is 12.1 Å². The van der Waals surface area contributed by atoms with Crippen LogP contribution in [0.2, 0.25) is 0 Å². The number of benzene rings is 2. The van der Waals surface area contributed by atoms with E-state index in [2.05, 4.69) is 5.16 Å². The molecule has 0 fully saturated rings. The van der Waals surface area contributed by atoms with Gasteiger partial charge in [-0.25, -0.2) is 4.39 Å². The molecule has 0 spiro atoms. The molecule has 1 aliphatic rings. The van der Waals surface area contributed by atoms with Crippen LogP contribution >= 0.6 is 0 Å². The summed E-state index contributed by atoms with van der Waals surface area (Å²) in [6.07, 6.45) is 0.632. The molecule has 7 heteroatoms. The van der Waals surface area contributed by atoms with E-state index < -0.39 is 6.10 Å². The second-order valence-electron chi connectivity index (χ2n) is 7.75. The molecule has 0 amide bonds. The molecule has 3 rings (SSSR count). The van der Waals surface area contributed by atoms with Crippen molar-refractivity contribution >= 4 is 11.7 Å². The summed E-state index contributed by atoms with van der Waals surface area (Å²) >= 11 is 0. The monoisotopic (exact) mass is 428 g/mol. The zero-order valence-electron chi connectivity index (χ0n) is 17.7. The Morgan fingerprint density at radius 2 is 2.10 bits per heavy atom.